The molecule has 14 aromatic rings. The third-order valence-corrected chi connectivity index (χ3v) is 17.6. The summed E-state index contributed by atoms with van der Waals surface area (Å²) in [6.07, 6.45) is 0. The van der Waals surface area contributed by atoms with E-state index in [4.69, 9.17) is 9.60 Å². The van der Waals surface area contributed by atoms with Crippen LogP contribution in [0.2, 0.25) is 0 Å². The van der Waals surface area contributed by atoms with Crippen LogP contribution in [0.5, 0.6) is 0 Å². The predicted molar refractivity (Wildman–Crippen MR) is 344 cm³/mol. The summed E-state index contributed by atoms with van der Waals surface area (Å²) in [5, 5.41) is 2.29. The lowest BCUT2D eigenvalue weighted by Crippen LogP contribution is -2.28. The number of hydrogen-bond donors (Lipinski definition) is 0. The third kappa shape index (κ3) is 7.28. The van der Waals surface area contributed by atoms with Crippen LogP contribution in [-0.2, 0) is 10.8 Å². The number of fused-ring (bicyclic) bond motifs is 10. The first kappa shape index (κ1) is 40.8. The lowest BCUT2D eigenvalue weighted by atomic mass is 9.67. The maximum Gasteiger partial charge on any atom is 0.0713 e. The average molecular weight is 1050 g/mol. The van der Waals surface area contributed by atoms with E-state index in [-0.39, 0.29) is 33.8 Å². The van der Waals surface area contributed by atoms with Crippen molar-refractivity contribution in [1.29, 1.82) is 0 Å². The van der Waals surface area contributed by atoms with E-state index in [1.54, 1.807) is 0 Å². The molecule has 0 fully saturated rings. The molecule has 0 radical (unpaired) electrons. The van der Waals surface area contributed by atoms with Gasteiger partial charge in [-0.3, -0.25) is 0 Å². The number of para-hydroxylation sites is 1. The summed E-state index contributed by atoms with van der Waals surface area (Å²) < 4.78 is 63.5. The molecular formula is C80H56N2. The van der Waals surface area contributed by atoms with Crippen LogP contribution in [0.15, 0.2) is 303 Å². The first-order valence-corrected chi connectivity index (χ1v) is 28.1. The predicted octanol–water partition coefficient (Wildman–Crippen LogP) is 21.1. The molecule has 0 saturated carbocycles. The van der Waals surface area contributed by atoms with Crippen LogP contribution in [0.3, 0.4) is 0 Å². The van der Waals surface area contributed by atoms with Gasteiger partial charge in [0.05, 0.1) is 26.0 Å². The van der Waals surface area contributed by atoms with Gasteiger partial charge in [-0.25, -0.2) is 0 Å². The number of aromatic nitrogens is 1. The monoisotopic (exact) mass is 1050 g/mol. The van der Waals surface area contributed by atoms with Gasteiger partial charge in [0.2, 0.25) is 0 Å². The van der Waals surface area contributed by atoms with E-state index in [2.05, 4.69) is 260 Å². The average Bonchev–Trinajstić information content (AvgIpc) is 1.64. The van der Waals surface area contributed by atoms with Crippen LogP contribution in [0.1, 0.15) is 56.8 Å². The lowest BCUT2D eigenvalue weighted by molar-refractivity contribution is 0.660. The molecule has 0 aliphatic heterocycles. The number of nitrogens with zero attached hydrogens (tertiary/aromatic N) is 2. The van der Waals surface area contributed by atoms with Gasteiger partial charge in [-0.1, -0.05) is 244 Å². The quantitative estimate of drug-likeness (QED) is 0.140. The smallest absolute Gasteiger partial charge is 0.0713 e. The van der Waals surface area contributed by atoms with Gasteiger partial charge in [0.1, 0.15) is 0 Å². The first-order chi connectivity index (χ1) is 43.3. The molecule has 82 heavy (non-hydrogen) atoms. The van der Waals surface area contributed by atoms with Crippen LogP contribution >= 0.6 is 0 Å². The summed E-state index contributed by atoms with van der Waals surface area (Å²) in [4.78, 5) is 2.22. The second-order valence-corrected chi connectivity index (χ2v) is 22.2. The molecule has 386 valence electrons. The van der Waals surface area contributed by atoms with E-state index in [0.29, 0.717) is 5.56 Å². The van der Waals surface area contributed by atoms with Crippen molar-refractivity contribution in [3.05, 3.63) is 337 Å². The highest BCUT2D eigenvalue weighted by molar-refractivity contribution is 6.12. The fourth-order valence-electron chi connectivity index (χ4n) is 13.8. The van der Waals surface area contributed by atoms with Crippen molar-refractivity contribution in [2.45, 2.75) is 24.7 Å². The second kappa shape index (κ2) is 18.7. The van der Waals surface area contributed by atoms with Gasteiger partial charge in [0.25, 0.3) is 0 Å². The van der Waals surface area contributed by atoms with Crippen molar-refractivity contribution in [2.75, 3.05) is 4.90 Å². The van der Waals surface area contributed by atoms with Crippen molar-refractivity contribution in [3.8, 4) is 61.3 Å². The van der Waals surface area contributed by atoms with Crippen molar-refractivity contribution >= 4 is 49.6 Å². The zero-order valence-corrected chi connectivity index (χ0v) is 45.2. The third-order valence-electron chi connectivity index (χ3n) is 17.6. The summed E-state index contributed by atoms with van der Waals surface area (Å²) in [6.45, 7) is 4.55. The Bertz CT molecular complexity index is 5180. The number of hydrogen-bond acceptors (Lipinski definition) is 1. The lowest BCUT2D eigenvalue weighted by Gasteiger charge is -2.34. The van der Waals surface area contributed by atoms with E-state index in [1.165, 1.54) is 55.6 Å². The zero-order chi connectivity index (χ0) is 60.6. The van der Waals surface area contributed by atoms with Crippen molar-refractivity contribution in [3.63, 3.8) is 0 Å². The summed E-state index contributed by atoms with van der Waals surface area (Å²) >= 11 is 0. The fourth-order valence-corrected chi connectivity index (χ4v) is 13.8. The van der Waals surface area contributed by atoms with Crippen LogP contribution in [0, 0.1) is 0 Å². The van der Waals surface area contributed by atoms with E-state index in [1.807, 2.05) is 24.3 Å². The molecule has 0 saturated heterocycles. The van der Waals surface area contributed by atoms with Crippen LogP contribution in [0.25, 0.3) is 93.9 Å². The summed E-state index contributed by atoms with van der Waals surface area (Å²) in [5.74, 6) is 0. The molecule has 0 N–H and O–H groups in total. The normalized spacial score (nSPS) is 14.6. The molecule has 0 spiro atoms. The topological polar surface area (TPSA) is 8.17 Å². The summed E-state index contributed by atoms with van der Waals surface area (Å²) in [6, 6.07) is 91.0. The minimum absolute atomic E-state index is 0.0609. The van der Waals surface area contributed by atoms with Crippen molar-refractivity contribution in [2.24, 2.45) is 0 Å². The Morgan fingerprint density at radius 3 is 1.41 bits per heavy atom. The standard InChI is InChI=1S/C80H56N2/c1-79(2)73-29-14-11-27-69(73)70-52-64(46-47-74(70)79)81(63-44-36-56(37-45-63)66-28-17-19-55-18-9-10-24-65(55)66)62-42-34-54(35-43-62)58-39-49-78-72(51-58)71-50-57(38-48-77(71)82(78)61-22-7-4-8-23-61)53-32-40-60(41-33-53)80(59-20-5-3-6-21-59)75-30-15-12-25-67(75)68-26-13-16-31-76(68)80/h3-52H,1-2H3/i9D,10D,17D,18D,19D,24D,28D. The van der Waals surface area contributed by atoms with Gasteiger partial charge in [-0.15, -0.1) is 0 Å². The van der Waals surface area contributed by atoms with Crippen LogP contribution < -0.4 is 4.90 Å². The fraction of sp³-hybridized carbons (Fsp3) is 0.0500. The Balaban J connectivity index is 0.803. The molecule has 2 aliphatic rings. The highest BCUT2D eigenvalue weighted by Crippen LogP contribution is 2.56. The minimum atomic E-state index is -0.481. The molecule has 0 unspecified atom stereocenters. The zero-order valence-electron chi connectivity index (χ0n) is 52.2. The van der Waals surface area contributed by atoms with E-state index in [0.717, 1.165) is 66.8 Å². The van der Waals surface area contributed by atoms with Gasteiger partial charge < -0.3 is 9.47 Å². The molecular weight excluding hydrogens is 989 g/mol. The van der Waals surface area contributed by atoms with Crippen molar-refractivity contribution < 1.29 is 9.60 Å². The Hall–Kier alpha value is -10.3. The summed E-state index contributed by atoms with van der Waals surface area (Å²) in [5.41, 5.74) is 22.9. The molecule has 2 nitrogen and oxygen atoms in total. The van der Waals surface area contributed by atoms with E-state index in [9.17, 15) is 0 Å². The van der Waals surface area contributed by atoms with Crippen LogP contribution in [0.4, 0.5) is 17.1 Å². The molecule has 16 rings (SSSR count). The Morgan fingerprint density at radius 1 is 0.329 bits per heavy atom. The highest BCUT2D eigenvalue weighted by atomic mass is 15.1. The van der Waals surface area contributed by atoms with Gasteiger partial charge in [-0.05, 0) is 173 Å². The second-order valence-electron chi connectivity index (χ2n) is 22.2. The maximum absolute atomic E-state index is 9.10. The Kier molecular flexibility index (Phi) is 9.29. The molecule has 0 amide bonds. The number of rotatable bonds is 9. The van der Waals surface area contributed by atoms with Gasteiger partial charge in [0.15, 0.2) is 0 Å². The van der Waals surface area contributed by atoms with E-state index >= 15 is 0 Å². The summed E-state index contributed by atoms with van der Waals surface area (Å²) in [7, 11) is 0. The SMILES string of the molecule is [2H]c1c([2H])c([2H])c2c(-c3ccc(N(c4ccc(-c5ccc6c(c5)c5cc(-c7ccc(C8(c9ccccc9)c9ccccc9-c9ccccc98)cc7)ccc5n6-c5ccccc5)cc4)c4ccc5c(c4)-c4ccccc4C5(C)C)cc3)c([2H])c([2H])c([2H])c2c1[2H]. The molecule has 13 aromatic carbocycles. The minimum Gasteiger partial charge on any atom is -0.310 e. The van der Waals surface area contributed by atoms with Crippen LogP contribution in [-0.4, -0.2) is 4.57 Å². The largest absolute Gasteiger partial charge is 0.310 e. The Morgan fingerprint density at radius 2 is 0.793 bits per heavy atom. The highest BCUT2D eigenvalue weighted by Gasteiger charge is 2.46. The maximum atomic E-state index is 9.10. The molecule has 0 atom stereocenters. The molecule has 0 bridgehead atoms. The molecule has 1 heterocycles. The van der Waals surface area contributed by atoms with Gasteiger partial charge in [0, 0.05) is 38.9 Å². The van der Waals surface area contributed by atoms with Crippen molar-refractivity contribution in [1.82, 2.24) is 4.57 Å². The number of benzene rings is 13. The molecule has 2 aliphatic carbocycles. The Labute approximate surface area is 489 Å². The molecule has 1 aromatic heterocycles. The van der Waals surface area contributed by atoms with E-state index < -0.39 is 35.6 Å². The first-order valence-electron chi connectivity index (χ1n) is 31.6. The van der Waals surface area contributed by atoms with Gasteiger partial charge in [-0.2, -0.15) is 0 Å². The van der Waals surface area contributed by atoms with Gasteiger partial charge >= 0.3 is 0 Å². The number of anilines is 3. The molecule has 2 heteroatoms.